The Morgan fingerprint density at radius 3 is 2.71 bits per heavy atom. The summed E-state index contributed by atoms with van der Waals surface area (Å²) in [7, 11) is 0. The lowest BCUT2D eigenvalue weighted by Gasteiger charge is -2.61. The summed E-state index contributed by atoms with van der Waals surface area (Å²) in [5.74, 6) is 2.79. The maximum absolute atomic E-state index is 11.9. The van der Waals surface area contributed by atoms with E-state index < -0.39 is 0 Å². The number of carbonyl (C=O) groups is 1. The van der Waals surface area contributed by atoms with Gasteiger partial charge in [0, 0.05) is 12.8 Å². The topological polar surface area (TPSA) is 37.3 Å². The number of rotatable bonds is 0. The van der Waals surface area contributed by atoms with Crippen molar-refractivity contribution < 1.29 is 9.90 Å². The van der Waals surface area contributed by atoms with E-state index in [0.29, 0.717) is 34.4 Å². The highest BCUT2D eigenvalue weighted by molar-refractivity contribution is 5.79. The lowest BCUT2D eigenvalue weighted by atomic mass is 9.44. The lowest BCUT2D eigenvalue weighted by Crippen LogP contribution is -2.57. The van der Waals surface area contributed by atoms with Gasteiger partial charge in [0.2, 0.25) is 0 Å². The summed E-state index contributed by atoms with van der Waals surface area (Å²) < 4.78 is 0. The molecule has 0 aromatic carbocycles. The molecule has 4 rings (SSSR count). The Kier molecular flexibility index (Phi) is 3.10. The van der Waals surface area contributed by atoms with Gasteiger partial charge < -0.3 is 5.11 Å². The van der Waals surface area contributed by atoms with Crippen LogP contribution in [-0.2, 0) is 4.79 Å². The van der Waals surface area contributed by atoms with Crippen molar-refractivity contribution in [2.24, 2.45) is 34.5 Å². The first-order valence-corrected chi connectivity index (χ1v) is 9.14. The van der Waals surface area contributed by atoms with Gasteiger partial charge in [0.15, 0.2) is 0 Å². The van der Waals surface area contributed by atoms with E-state index in [1.807, 2.05) is 0 Å². The fourth-order valence-electron chi connectivity index (χ4n) is 7.00. The largest absolute Gasteiger partial charge is 0.393 e. The van der Waals surface area contributed by atoms with E-state index in [-0.39, 0.29) is 6.10 Å². The van der Waals surface area contributed by atoms with Gasteiger partial charge in [-0.05, 0) is 73.0 Å². The first-order chi connectivity index (χ1) is 9.94. The number of hydrogen-bond acceptors (Lipinski definition) is 2. The molecule has 1 N–H and O–H groups in total. The van der Waals surface area contributed by atoms with Gasteiger partial charge in [-0.25, -0.2) is 0 Å². The Morgan fingerprint density at radius 1 is 1.10 bits per heavy atom. The molecule has 0 heterocycles. The molecular weight excluding hydrogens is 260 g/mol. The second kappa shape index (κ2) is 4.57. The number of hydrogen-bond donors (Lipinski definition) is 1. The van der Waals surface area contributed by atoms with Gasteiger partial charge in [-0.15, -0.1) is 0 Å². The summed E-state index contributed by atoms with van der Waals surface area (Å²) in [5.41, 5.74) is 0.817. The van der Waals surface area contributed by atoms with Gasteiger partial charge in [0.1, 0.15) is 5.78 Å². The summed E-state index contributed by atoms with van der Waals surface area (Å²) >= 11 is 0. The SMILES string of the molecule is C[C@@]12CCC[C@H]1[C@@H]1[C@@H](O)C[C@H]3CC(=O)CC[C@]3(C)[C@H]1CC2. The molecule has 0 bridgehead atoms. The first kappa shape index (κ1) is 14.2. The highest BCUT2D eigenvalue weighted by Crippen LogP contribution is 2.65. The van der Waals surface area contributed by atoms with E-state index >= 15 is 0 Å². The van der Waals surface area contributed by atoms with Crippen molar-refractivity contribution in [1.82, 2.24) is 0 Å². The molecule has 4 aliphatic rings. The van der Waals surface area contributed by atoms with Crippen molar-refractivity contribution in [3.8, 4) is 0 Å². The Labute approximate surface area is 128 Å². The molecule has 2 heteroatoms. The number of ketones is 1. The summed E-state index contributed by atoms with van der Waals surface area (Å²) in [4.78, 5) is 11.9. The van der Waals surface area contributed by atoms with Gasteiger partial charge in [-0.2, -0.15) is 0 Å². The molecule has 0 amide bonds. The van der Waals surface area contributed by atoms with Gasteiger partial charge in [0.25, 0.3) is 0 Å². The molecule has 2 nitrogen and oxygen atoms in total. The number of aliphatic hydroxyl groups excluding tert-OH is 1. The average Bonchev–Trinajstić information content (AvgIpc) is 2.82. The maximum Gasteiger partial charge on any atom is 0.133 e. The smallest absolute Gasteiger partial charge is 0.133 e. The van der Waals surface area contributed by atoms with Gasteiger partial charge >= 0.3 is 0 Å². The maximum atomic E-state index is 11.9. The molecule has 21 heavy (non-hydrogen) atoms. The Bertz CT molecular complexity index is 458. The molecule has 0 aromatic rings. The average molecular weight is 290 g/mol. The predicted molar refractivity (Wildman–Crippen MR) is 82.7 cm³/mol. The van der Waals surface area contributed by atoms with E-state index in [2.05, 4.69) is 13.8 Å². The molecule has 0 spiro atoms. The summed E-state index contributed by atoms with van der Waals surface area (Å²) in [6.07, 6.45) is 10.0. The first-order valence-electron chi connectivity index (χ1n) is 9.14. The van der Waals surface area contributed by atoms with Crippen LogP contribution in [0.4, 0.5) is 0 Å². The van der Waals surface area contributed by atoms with E-state index in [1.54, 1.807) is 0 Å². The van der Waals surface area contributed by atoms with Crippen LogP contribution in [0.5, 0.6) is 0 Å². The van der Waals surface area contributed by atoms with Gasteiger partial charge in [-0.1, -0.05) is 20.3 Å². The Morgan fingerprint density at radius 2 is 1.90 bits per heavy atom. The van der Waals surface area contributed by atoms with Crippen molar-refractivity contribution in [3.05, 3.63) is 0 Å². The van der Waals surface area contributed by atoms with Crippen molar-refractivity contribution in [3.63, 3.8) is 0 Å². The molecule has 0 aliphatic heterocycles. The monoisotopic (exact) mass is 290 g/mol. The minimum atomic E-state index is -0.151. The van der Waals surface area contributed by atoms with Crippen LogP contribution in [-0.4, -0.2) is 17.0 Å². The van der Waals surface area contributed by atoms with Crippen LogP contribution in [0.2, 0.25) is 0 Å². The second-order valence-corrected chi connectivity index (χ2v) is 9.12. The van der Waals surface area contributed by atoms with Gasteiger partial charge in [-0.3, -0.25) is 4.79 Å². The number of carbonyl (C=O) groups excluding carboxylic acids is 1. The second-order valence-electron chi connectivity index (χ2n) is 9.12. The van der Waals surface area contributed by atoms with E-state index in [4.69, 9.17) is 0 Å². The standard InChI is InChI=1S/C19H30O2/c1-18-7-3-4-14(18)17-15(6-8-18)19(2)9-5-13(20)10-12(19)11-16(17)21/h12,14-17,21H,3-11H2,1-2H3/t12-,14+,15+,16+,17+,18+,19+/m1/s1. The molecule has 118 valence electrons. The molecule has 0 aromatic heterocycles. The van der Waals surface area contributed by atoms with Crippen molar-refractivity contribution in [1.29, 1.82) is 0 Å². The highest BCUT2D eigenvalue weighted by atomic mass is 16.3. The molecule has 0 radical (unpaired) electrons. The number of Topliss-reactive ketones (excluding diaryl/α,β-unsaturated/α-hetero) is 1. The van der Waals surface area contributed by atoms with Crippen LogP contribution in [0.15, 0.2) is 0 Å². The quantitative estimate of drug-likeness (QED) is 0.733. The number of fused-ring (bicyclic) bond motifs is 5. The summed E-state index contributed by atoms with van der Waals surface area (Å²) in [6.45, 7) is 4.93. The predicted octanol–water partition coefficient (Wildman–Crippen LogP) is 3.96. The normalized spacial score (nSPS) is 56.5. The third kappa shape index (κ3) is 1.90. The fourth-order valence-corrected chi connectivity index (χ4v) is 7.00. The van der Waals surface area contributed by atoms with Gasteiger partial charge in [0.05, 0.1) is 6.10 Å². The molecule has 7 atom stereocenters. The van der Waals surface area contributed by atoms with Crippen LogP contribution < -0.4 is 0 Å². The molecule has 0 unspecified atom stereocenters. The summed E-state index contributed by atoms with van der Waals surface area (Å²) in [6, 6.07) is 0. The van der Waals surface area contributed by atoms with Crippen LogP contribution in [0.1, 0.15) is 71.6 Å². The molecule has 4 aliphatic carbocycles. The zero-order valence-corrected chi connectivity index (χ0v) is 13.6. The van der Waals surface area contributed by atoms with Crippen molar-refractivity contribution in [2.75, 3.05) is 0 Å². The van der Waals surface area contributed by atoms with E-state index in [1.165, 1.54) is 32.1 Å². The molecule has 4 saturated carbocycles. The Hall–Kier alpha value is -0.370. The van der Waals surface area contributed by atoms with E-state index in [0.717, 1.165) is 31.6 Å². The summed E-state index contributed by atoms with van der Waals surface area (Å²) in [5, 5.41) is 10.9. The minimum absolute atomic E-state index is 0.151. The fraction of sp³-hybridized carbons (Fsp3) is 0.947. The molecule has 0 saturated heterocycles. The zero-order valence-electron chi connectivity index (χ0n) is 13.6. The van der Waals surface area contributed by atoms with E-state index in [9.17, 15) is 9.90 Å². The molecule has 4 fully saturated rings. The van der Waals surface area contributed by atoms with Crippen LogP contribution in [0, 0.1) is 34.5 Å². The van der Waals surface area contributed by atoms with Crippen molar-refractivity contribution in [2.45, 2.75) is 77.7 Å². The van der Waals surface area contributed by atoms with Crippen LogP contribution in [0.25, 0.3) is 0 Å². The van der Waals surface area contributed by atoms with Crippen LogP contribution >= 0.6 is 0 Å². The number of aliphatic hydroxyl groups is 1. The zero-order chi connectivity index (χ0) is 14.8. The van der Waals surface area contributed by atoms with Crippen molar-refractivity contribution >= 4 is 5.78 Å². The minimum Gasteiger partial charge on any atom is -0.393 e. The third-order valence-corrected chi connectivity index (χ3v) is 8.28. The third-order valence-electron chi connectivity index (χ3n) is 8.28. The molecular formula is C19H30O2. The lowest BCUT2D eigenvalue weighted by molar-refractivity contribution is -0.163. The van der Waals surface area contributed by atoms with Crippen LogP contribution in [0.3, 0.4) is 0 Å². The Balaban J connectivity index is 1.68. The highest BCUT2D eigenvalue weighted by Gasteiger charge is 2.60.